The van der Waals surface area contributed by atoms with E-state index in [1.165, 1.54) is 38.5 Å². The van der Waals surface area contributed by atoms with Crippen molar-refractivity contribution < 1.29 is 4.79 Å². The van der Waals surface area contributed by atoms with E-state index >= 15 is 0 Å². The van der Waals surface area contributed by atoms with Crippen LogP contribution in [-0.4, -0.2) is 25.0 Å². The van der Waals surface area contributed by atoms with Crippen molar-refractivity contribution in [2.75, 3.05) is 13.1 Å². The van der Waals surface area contributed by atoms with Crippen molar-refractivity contribution in [3.8, 4) is 0 Å². The zero-order valence-electron chi connectivity index (χ0n) is 8.72. The number of nitrogens with one attached hydrogen (secondary N) is 2. The van der Waals surface area contributed by atoms with Gasteiger partial charge in [-0.2, -0.15) is 0 Å². The highest BCUT2D eigenvalue weighted by atomic mass is 16.1. The second-order valence-electron chi connectivity index (χ2n) is 4.59. The second kappa shape index (κ2) is 4.78. The minimum absolute atomic E-state index is 0.163. The van der Waals surface area contributed by atoms with Gasteiger partial charge < -0.3 is 10.6 Å². The molecule has 0 aromatic carbocycles. The van der Waals surface area contributed by atoms with Crippen LogP contribution in [0.1, 0.15) is 38.5 Å². The lowest BCUT2D eigenvalue weighted by Crippen LogP contribution is -2.36. The molecule has 0 atom stereocenters. The predicted octanol–water partition coefficient (Wildman–Crippen LogP) is 1.04. The predicted molar refractivity (Wildman–Crippen MR) is 56.0 cm³/mol. The first kappa shape index (κ1) is 9.97. The summed E-state index contributed by atoms with van der Waals surface area (Å²) in [7, 11) is 0. The summed E-state index contributed by atoms with van der Waals surface area (Å²) in [6.07, 6.45) is 7.80. The highest BCUT2D eigenvalue weighted by Gasteiger charge is 2.21. The van der Waals surface area contributed by atoms with E-state index < -0.39 is 0 Å². The van der Waals surface area contributed by atoms with Crippen LogP contribution in [0.4, 0.5) is 0 Å². The number of rotatable bonds is 6. The molecule has 0 aromatic heterocycles. The van der Waals surface area contributed by atoms with Crippen LogP contribution in [0.15, 0.2) is 0 Å². The molecule has 2 rings (SSSR count). The average Bonchev–Trinajstić information content (AvgIpc) is 2.89. The highest BCUT2D eigenvalue weighted by molar-refractivity contribution is 5.78. The van der Waals surface area contributed by atoms with Crippen molar-refractivity contribution in [1.82, 2.24) is 10.6 Å². The van der Waals surface area contributed by atoms with E-state index in [-0.39, 0.29) is 5.91 Å². The summed E-state index contributed by atoms with van der Waals surface area (Å²) >= 11 is 0. The number of hydrogen-bond acceptors (Lipinski definition) is 2. The number of carbonyl (C=O) groups excluding carboxylic acids is 1. The molecule has 0 unspecified atom stereocenters. The Hall–Kier alpha value is -0.570. The topological polar surface area (TPSA) is 41.1 Å². The molecule has 2 N–H and O–H groups in total. The maximum Gasteiger partial charge on any atom is 0.233 e. The molecule has 1 amide bonds. The average molecular weight is 196 g/mol. The lowest BCUT2D eigenvalue weighted by atomic mass is 9.83. The zero-order chi connectivity index (χ0) is 9.80. The first-order valence-corrected chi connectivity index (χ1v) is 5.84. The molecule has 0 aromatic rings. The number of carbonyl (C=O) groups is 1. The molecular weight excluding hydrogens is 176 g/mol. The van der Waals surface area contributed by atoms with Crippen LogP contribution in [0.25, 0.3) is 0 Å². The molecule has 2 aliphatic rings. The van der Waals surface area contributed by atoms with Gasteiger partial charge in [-0.1, -0.05) is 19.3 Å². The first-order chi connectivity index (χ1) is 6.84. The molecule has 0 bridgehead atoms. The van der Waals surface area contributed by atoms with Crippen LogP contribution in [0.2, 0.25) is 0 Å². The molecule has 0 radical (unpaired) electrons. The molecule has 0 aliphatic heterocycles. The lowest BCUT2D eigenvalue weighted by molar-refractivity contribution is -0.120. The molecule has 3 heteroatoms. The van der Waals surface area contributed by atoms with Gasteiger partial charge in [-0.15, -0.1) is 0 Å². The van der Waals surface area contributed by atoms with E-state index in [4.69, 9.17) is 0 Å². The van der Waals surface area contributed by atoms with Gasteiger partial charge in [0.05, 0.1) is 6.54 Å². The van der Waals surface area contributed by atoms with Gasteiger partial charge in [0, 0.05) is 12.6 Å². The smallest absolute Gasteiger partial charge is 0.233 e. The second-order valence-corrected chi connectivity index (χ2v) is 4.59. The zero-order valence-corrected chi connectivity index (χ0v) is 8.72. The van der Waals surface area contributed by atoms with E-state index in [0.29, 0.717) is 12.6 Å². The van der Waals surface area contributed by atoms with Crippen molar-refractivity contribution in [3.05, 3.63) is 0 Å². The monoisotopic (exact) mass is 196 g/mol. The summed E-state index contributed by atoms with van der Waals surface area (Å²) in [6, 6.07) is 0.632. The molecule has 0 saturated heterocycles. The van der Waals surface area contributed by atoms with E-state index in [1.54, 1.807) is 0 Å². The molecule has 2 saturated carbocycles. The molecule has 0 spiro atoms. The first-order valence-electron chi connectivity index (χ1n) is 5.84. The van der Waals surface area contributed by atoms with Gasteiger partial charge in [0.15, 0.2) is 0 Å². The minimum atomic E-state index is 0.163. The fourth-order valence-electron chi connectivity index (χ4n) is 1.78. The summed E-state index contributed by atoms with van der Waals surface area (Å²) in [5, 5.41) is 6.17. The quantitative estimate of drug-likeness (QED) is 0.666. The third kappa shape index (κ3) is 3.29. The Kier molecular flexibility index (Phi) is 3.40. The fourth-order valence-corrected chi connectivity index (χ4v) is 1.78. The van der Waals surface area contributed by atoms with Gasteiger partial charge in [-0.25, -0.2) is 0 Å². The third-order valence-corrected chi connectivity index (χ3v) is 3.23. The number of amides is 1. The maximum atomic E-state index is 11.3. The standard InChI is InChI=1S/C11H20N2O/c14-11(8-13-10-4-5-10)12-7-6-9-2-1-3-9/h9-10,13H,1-8H2,(H,12,14). The molecular formula is C11H20N2O. The van der Waals surface area contributed by atoms with E-state index in [1.807, 2.05) is 0 Å². The van der Waals surface area contributed by atoms with Crippen LogP contribution in [0.5, 0.6) is 0 Å². The minimum Gasteiger partial charge on any atom is -0.355 e. The summed E-state index contributed by atoms with van der Waals surface area (Å²) in [4.78, 5) is 11.3. The fraction of sp³-hybridized carbons (Fsp3) is 0.909. The molecule has 0 heterocycles. The van der Waals surface area contributed by atoms with Gasteiger partial charge >= 0.3 is 0 Å². The van der Waals surface area contributed by atoms with Crippen LogP contribution in [-0.2, 0) is 4.79 Å². The third-order valence-electron chi connectivity index (χ3n) is 3.23. The molecule has 3 nitrogen and oxygen atoms in total. The Morgan fingerprint density at radius 2 is 2.00 bits per heavy atom. The van der Waals surface area contributed by atoms with Crippen LogP contribution >= 0.6 is 0 Å². The van der Waals surface area contributed by atoms with Gasteiger partial charge in [-0.3, -0.25) is 4.79 Å². The normalized spacial score (nSPS) is 21.7. The van der Waals surface area contributed by atoms with E-state index in [0.717, 1.165) is 12.5 Å². The van der Waals surface area contributed by atoms with Crippen LogP contribution in [0, 0.1) is 5.92 Å². The summed E-state index contributed by atoms with van der Waals surface area (Å²) < 4.78 is 0. The molecule has 80 valence electrons. The van der Waals surface area contributed by atoms with Crippen molar-refractivity contribution in [2.24, 2.45) is 5.92 Å². The Bertz CT molecular complexity index is 197. The Labute approximate surface area is 85.6 Å². The SMILES string of the molecule is O=C(CNC1CC1)NCCC1CCC1. The van der Waals surface area contributed by atoms with Crippen molar-refractivity contribution in [3.63, 3.8) is 0 Å². The van der Waals surface area contributed by atoms with Gasteiger partial charge in [0.25, 0.3) is 0 Å². The van der Waals surface area contributed by atoms with Crippen molar-refractivity contribution >= 4 is 5.91 Å². The molecule has 2 aliphatic carbocycles. The summed E-state index contributed by atoms with van der Waals surface area (Å²) in [5.41, 5.74) is 0. The number of hydrogen-bond donors (Lipinski definition) is 2. The van der Waals surface area contributed by atoms with Crippen molar-refractivity contribution in [1.29, 1.82) is 0 Å². The summed E-state index contributed by atoms with van der Waals surface area (Å²) in [6.45, 7) is 1.38. The Balaban J connectivity index is 1.44. The lowest BCUT2D eigenvalue weighted by Gasteiger charge is -2.25. The van der Waals surface area contributed by atoms with Crippen LogP contribution in [0.3, 0.4) is 0 Å². The maximum absolute atomic E-state index is 11.3. The van der Waals surface area contributed by atoms with E-state index in [2.05, 4.69) is 10.6 Å². The van der Waals surface area contributed by atoms with Gasteiger partial charge in [-0.05, 0) is 25.2 Å². The van der Waals surface area contributed by atoms with Crippen molar-refractivity contribution in [2.45, 2.75) is 44.6 Å². The van der Waals surface area contributed by atoms with Gasteiger partial charge in [0.1, 0.15) is 0 Å². The highest BCUT2D eigenvalue weighted by Crippen LogP contribution is 2.28. The molecule has 14 heavy (non-hydrogen) atoms. The summed E-state index contributed by atoms with van der Waals surface area (Å²) in [5.74, 6) is 1.06. The Morgan fingerprint density at radius 3 is 2.57 bits per heavy atom. The molecule has 2 fully saturated rings. The Morgan fingerprint density at radius 1 is 1.21 bits per heavy atom. The van der Waals surface area contributed by atoms with E-state index in [9.17, 15) is 4.79 Å². The van der Waals surface area contributed by atoms with Crippen LogP contribution < -0.4 is 10.6 Å². The largest absolute Gasteiger partial charge is 0.355 e. The van der Waals surface area contributed by atoms with Gasteiger partial charge in [0.2, 0.25) is 5.91 Å².